The first-order valence-electron chi connectivity index (χ1n) is 6.80. The normalized spacial score (nSPS) is 18.9. The van der Waals surface area contributed by atoms with Gasteiger partial charge >= 0.3 is 0 Å². The number of nitrogens with one attached hydrogen (secondary N) is 1. The second-order valence-corrected chi connectivity index (χ2v) is 4.94. The van der Waals surface area contributed by atoms with E-state index in [0.717, 1.165) is 24.5 Å². The number of benzene rings is 1. The molecular formula is C15H23NO2. The van der Waals surface area contributed by atoms with Gasteiger partial charge in [0.25, 0.3) is 0 Å². The Morgan fingerprint density at radius 3 is 2.94 bits per heavy atom. The van der Waals surface area contributed by atoms with Crippen LogP contribution in [0.15, 0.2) is 18.2 Å². The molecule has 1 atom stereocenters. The van der Waals surface area contributed by atoms with E-state index in [-0.39, 0.29) is 0 Å². The van der Waals surface area contributed by atoms with Gasteiger partial charge in [-0.3, -0.25) is 0 Å². The standard InChI is InChI=1S/C15H23NO2/c1-12-7-8-14(15(11-12)17-2)18-10-4-6-13-5-3-9-16-13/h7-8,11,13,16H,3-6,9-10H2,1-2H3. The van der Waals surface area contributed by atoms with Gasteiger partial charge in [-0.25, -0.2) is 0 Å². The molecule has 1 aromatic rings. The number of aryl methyl sites for hydroxylation is 1. The largest absolute Gasteiger partial charge is 0.493 e. The van der Waals surface area contributed by atoms with Crippen molar-refractivity contribution in [3.05, 3.63) is 23.8 Å². The number of hydrogen-bond acceptors (Lipinski definition) is 3. The predicted molar refractivity (Wildman–Crippen MR) is 73.5 cm³/mol. The van der Waals surface area contributed by atoms with E-state index in [4.69, 9.17) is 9.47 Å². The lowest BCUT2D eigenvalue weighted by Gasteiger charge is -2.13. The highest BCUT2D eigenvalue weighted by molar-refractivity contribution is 5.42. The fraction of sp³-hybridized carbons (Fsp3) is 0.600. The maximum Gasteiger partial charge on any atom is 0.161 e. The van der Waals surface area contributed by atoms with Gasteiger partial charge in [0.1, 0.15) is 0 Å². The Hall–Kier alpha value is -1.22. The van der Waals surface area contributed by atoms with E-state index in [2.05, 4.69) is 18.3 Å². The second kappa shape index (κ2) is 6.64. The third-order valence-corrected chi connectivity index (χ3v) is 3.44. The number of methoxy groups -OCH3 is 1. The van der Waals surface area contributed by atoms with Crippen LogP contribution in [-0.2, 0) is 0 Å². The molecular weight excluding hydrogens is 226 g/mol. The monoisotopic (exact) mass is 249 g/mol. The summed E-state index contributed by atoms with van der Waals surface area (Å²) in [5.41, 5.74) is 1.19. The zero-order valence-electron chi connectivity index (χ0n) is 11.4. The third-order valence-electron chi connectivity index (χ3n) is 3.44. The molecule has 18 heavy (non-hydrogen) atoms. The SMILES string of the molecule is COc1cc(C)ccc1OCCCC1CCCN1. The van der Waals surface area contributed by atoms with Crippen molar-refractivity contribution in [1.82, 2.24) is 5.32 Å². The highest BCUT2D eigenvalue weighted by Gasteiger charge is 2.13. The molecule has 0 radical (unpaired) electrons. The number of ether oxygens (including phenoxy) is 2. The van der Waals surface area contributed by atoms with Crippen LogP contribution in [0.2, 0.25) is 0 Å². The van der Waals surface area contributed by atoms with Crippen LogP contribution in [0.4, 0.5) is 0 Å². The van der Waals surface area contributed by atoms with Crippen molar-refractivity contribution in [1.29, 1.82) is 0 Å². The van der Waals surface area contributed by atoms with Crippen molar-refractivity contribution in [2.75, 3.05) is 20.3 Å². The van der Waals surface area contributed by atoms with Crippen molar-refractivity contribution in [2.24, 2.45) is 0 Å². The van der Waals surface area contributed by atoms with Crippen LogP contribution in [0.25, 0.3) is 0 Å². The van der Waals surface area contributed by atoms with Gasteiger partial charge in [0.05, 0.1) is 13.7 Å². The van der Waals surface area contributed by atoms with Crippen molar-refractivity contribution in [3.63, 3.8) is 0 Å². The Bertz CT molecular complexity index is 373. The molecule has 1 unspecified atom stereocenters. The molecule has 0 aliphatic carbocycles. The van der Waals surface area contributed by atoms with Gasteiger partial charge in [-0.1, -0.05) is 6.07 Å². The summed E-state index contributed by atoms with van der Waals surface area (Å²) in [6.07, 6.45) is 4.92. The molecule has 100 valence electrons. The van der Waals surface area contributed by atoms with E-state index in [9.17, 15) is 0 Å². The highest BCUT2D eigenvalue weighted by Crippen LogP contribution is 2.27. The summed E-state index contributed by atoms with van der Waals surface area (Å²) < 4.78 is 11.1. The molecule has 1 aromatic carbocycles. The number of rotatable bonds is 6. The van der Waals surface area contributed by atoms with Gasteiger partial charge in [0.2, 0.25) is 0 Å². The van der Waals surface area contributed by atoms with Gasteiger partial charge in [0, 0.05) is 6.04 Å². The Balaban J connectivity index is 1.75. The van der Waals surface area contributed by atoms with Gasteiger partial charge in [0.15, 0.2) is 11.5 Å². The Morgan fingerprint density at radius 2 is 2.22 bits per heavy atom. The van der Waals surface area contributed by atoms with E-state index in [1.807, 2.05) is 12.1 Å². The second-order valence-electron chi connectivity index (χ2n) is 4.94. The summed E-state index contributed by atoms with van der Waals surface area (Å²) in [5, 5.41) is 3.51. The zero-order chi connectivity index (χ0) is 12.8. The Labute approximate surface area is 109 Å². The van der Waals surface area contributed by atoms with Crippen LogP contribution in [0.1, 0.15) is 31.2 Å². The summed E-state index contributed by atoms with van der Waals surface area (Å²) in [6, 6.07) is 6.75. The van der Waals surface area contributed by atoms with Crippen LogP contribution in [0.5, 0.6) is 11.5 Å². The van der Waals surface area contributed by atoms with Crippen LogP contribution in [0, 0.1) is 6.92 Å². The number of hydrogen-bond donors (Lipinski definition) is 1. The average Bonchev–Trinajstić information content (AvgIpc) is 2.89. The van der Waals surface area contributed by atoms with E-state index >= 15 is 0 Å². The molecule has 0 spiro atoms. The summed E-state index contributed by atoms with van der Waals surface area (Å²) in [4.78, 5) is 0. The van der Waals surface area contributed by atoms with Gasteiger partial charge < -0.3 is 14.8 Å². The molecule has 3 heteroatoms. The quantitative estimate of drug-likeness (QED) is 0.786. The molecule has 1 fully saturated rings. The fourth-order valence-corrected chi connectivity index (χ4v) is 2.41. The van der Waals surface area contributed by atoms with Crippen molar-refractivity contribution in [2.45, 2.75) is 38.6 Å². The molecule has 0 aromatic heterocycles. The molecule has 3 nitrogen and oxygen atoms in total. The van der Waals surface area contributed by atoms with Crippen molar-refractivity contribution >= 4 is 0 Å². The molecule has 1 N–H and O–H groups in total. The Morgan fingerprint density at radius 1 is 1.33 bits per heavy atom. The fourth-order valence-electron chi connectivity index (χ4n) is 2.41. The highest BCUT2D eigenvalue weighted by atomic mass is 16.5. The van der Waals surface area contributed by atoms with E-state index in [0.29, 0.717) is 6.04 Å². The first-order chi connectivity index (χ1) is 8.79. The summed E-state index contributed by atoms with van der Waals surface area (Å²) >= 11 is 0. The molecule has 0 bridgehead atoms. The summed E-state index contributed by atoms with van der Waals surface area (Å²) in [6.45, 7) is 3.99. The lowest BCUT2D eigenvalue weighted by Crippen LogP contribution is -2.21. The Kier molecular flexibility index (Phi) is 4.88. The van der Waals surface area contributed by atoms with Crippen molar-refractivity contribution < 1.29 is 9.47 Å². The van der Waals surface area contributed by atoms with E-state index in [1.165, 1.54) is 31.4 Å². The van der Waals surface area contributed by atoms with Crippen LogP contribution in [-0.4, -0.2) is 26.3 Å². The molecule has 1 aliphatic rings. The zero-order valence-corrected chi connectivity index (χ0v) is 11.4. The van der Waals surface area contributed by atoms with Gasteiger partial charge in [-0.2, -0.15) is 0 Å². The first kappa shape index (κ1) is 13.2. The van der Waals surface area contributed by atoms with E-state index in [1.54, 1.807) is 7.11 Å². The molecule has 1 aliphatic heterocycles. The maximum atomic E-state index is 5.79. The van der Waals surface area contributed by atoms with Crippen LogP contribution >= 0.6 is 0 Å². The minimum atomic E-state index is 0.702. The molecule has 2 rings (SSSR count). The third kappa shape index (κ3) is 3.64. The minimum absolute atomic E-state index is 0.702. The average molecular weight is 249 g/mol. The van der Waals surface area contributed by atoms with Crippen molar-refractivity contribution in [3.8, 4) is 11.5 Å². The first-order valence-corrected chi connectivity index (χ1v) is 6.80. The smallest absolute Gasteiger partial charge is 0.161 e. The van der Waals surface area contributed by atoms with Crippen LogP contribution < -0.4 is 14.8 Å². The molecule has 0 amide bonds. The predicted octanol–water partition coefficient (Wildman–Crippen LogP) is 2.91. The van der Waals surface area contributed by atoms with E-state index < -0.39 is 0 Å². The van der Waals surface area contributed by atoms with Crippen LogP contribution in [0.3, 0.4) is 0 Å². The molecule has 1 heterocycles. The topological polar surface area (TPSA) is 30.5 Å². The lowest BCUT2D eigenvalue weighted by molar-refractivity contribution is 0.280. The molecule has 1 saturated heterocycles. The lowest BCUT2D eigenvalue weighted by atomic mass is 10.1. The van der Waals surface area contributed by atoms with Gasteiger partial charge in [-0.05, 0) is 56.8 Å². The minimum Gasteiger partial charge on any atom is -0.493 e. The summed E-state index contributed by atoms with van der Waals surface area (Å²) in [7, 11) is 1.68. The summed E-state index contributed by atoms with van der Waals surface area (Å²) in [5.74, 6) is 1.68. The van der Waals surface area contributed by atoms with Gasteiger partial charge in [-0.15, -0.1) is 0 Å². The molecule has 0 saturated carbocycles. The maximum absolute atomic E-state index is 5.79.